The van der Waals surface area contributed by atoms with E-state index in [9.17, 15) is 5.26 Å². The van der Waals surface area contributed by atoms with Crippen LogP contribution >= 0.6 is 0 Å². The van der Waals surface area contributed by atoms with Gasteiger partial charge in [-0.15, -0.1) is 0 Å². The van der Waals surface area contributed by atoms with E-state index in [0.29, 0.717) is 17.1 Å². The number of nitrogens with zero attached hydrogens (tertiary/aromatic N) is 4. The minimum Gasteiger partial charge on any atom is -0.374 e. The van der Waals surface area contributed by atoms with Crippen LogP contribution in [0, 0.1) is 45.8 Å². The molecule has 4 nitrogen and oxygen atoms in total. The lowest BCUT2D eigenvalue weighted by Gasteiger charge is -2.23. The molecule has 0 aromatic heterocycles. The molecule has 1 heterocycles. The molecule has 1 aliphatic heterocycles. The zero-order chi connectivity index (χ0) is 18.8. The number of hydrogen-bond acceptors (Lipinski definition) is 4. The predicted molar refractivity (Wildman–Crippen MR) is 99.8 cm³/mol. The van der Waals surface area contributed by atoms with Crippen LogP contribution in [0.1, 0.15) is 66.2 Å². The predicted octanol–water partition coefficient (Wildman–Crippen LogP) is 5.08. The first-order valence-corrected chi connectivity index (χ1v) is 9.39. The molecule has 0 aliphatic carbocycles. The van der Waals surface area contributed by atoms with Crippen molar-refractivity contribution in [3.63, 3.8) is 0 Å². The van der Waals surface area contributed by atoms with Gasteiger partial charge in [0.1, 0.15) is 23.8 Å². The Morgan fingerprint density at radius 3 is 2.32 bits per heavy atom. The number of nitriles is 3. The Morgan fingerprint density at radius 1 is 1.12 bits per heavy atom. The van der Waals surface area contributed by atoms with Crippen molar-refractivity contribution in [2.45, 2.75) is 66.2 Å². The van der Waals surface area contributed by atoms with Gasteiger partial charge in [-0.05, 0) is 44.1 Å². The van der Waals surface area contributed by atoms with Crippen molar-refractivity contribution in [2.75, 3.05) is 13.1 Å². The van der Waals surface area contributed by atoms with Crippen LogP contribution in [0.15, 0.2) is 22.4 Å². The lowest BCUT2D eigenvalue weighted by Crippen LogP contribution is -2.21. The highest BCUT2D eigenvalue weighted by atomic mass is 15.2. The fourth-order valence-electron chi connectivity index (χ4n) is 3.69. The van der Waals surface area contributed by atoms with Crippen molar-refractivity contribution in [3.8, 4) is 18.2 Å². The van der Waals surface area contributed by atoms with Crippen LogP contribution in [0.3, 0.4) is 0 Å². The summed E-state index contributed by atoms with van der Waals surface area (Å²) in [6, 6.07) is 5.98. The lowest BCUT2D eigenvalue weighted by atomic mass is 9.88. The van der Waals surface area contributed by atoms with Crippen LogP contribution in [-0.4, -0.2) is 18.0 Å². The van der Waals surface area contributed by atoms with Crippen LogP contribution in [0.25, 0.3) is 0 Å². The fraction of sp³-hybridized carbons (Fsp3) is 0.667. The summed E-state index contributed by atoms with van der Waals surface area (Å²) in [6.07, 6.45) is 7.54. The molecule has 0 N–H and O–H groups in total. The Kier molecular flexibility index (Phi) is 8.80. The van der Waals surface area contributed by atoms with Crippen LogP contribution in [0.5, 0.6) is 0 Å². The minimum absolute atomic E-state index is 0.0252. The monoisotopic (exact) mass is 338 g/mol. The summed E-state index contributed by atoms with van der Waals surface area (Å²) < 4.78 is 0. The lowest BCUT2D eigenvalue weighted by molar-refractivity contribution is 0.328. The van der Waals surface area contributed by atoms with Gasteiger partial charge >= 0.3 is 0 Å². The van der Waals surface area contributed by atoms with Crippen molar-refractivity contribution in [2.24, 2.45) is 11.8 Å². The summed E-state index contributed by atoms with van der Waals surface area (Å²) in [6.45, 7) is 10.1. The smallest absolute Gasteiger partial charge is 0.133 e. The third kappa shape index (κ3) is 5.65. The molecule has 0 aromatic carbocycles. The molecule has 4 heteroatoms. The standard InChI is InChI=1S/C21H30N4/c1-5-7-8-18(6-2)11-19-9-10-25(15-19)17(4)21(14-24)16(3)20(12-22)13-23/h18-19H,5-11,15H2,1-4H3/b21-17+. The van der Waals surface area contributed by atoms with E-state index in [4.69, 9.17) is 10.5 Å². The van der Waals surface area contributed by atoms with Gasteiger partial charge in [-0.1, -0.05) is 39.5 Å². The van der Waals surface area contributed by atoms with E-state index in [1.807, 2.05) is 19.1 Å². The maximum Gasteiger partial charge on any atom is 0.133 e. The average molecular weight is 338 g/mol. The van der Waals surface area contributed by atoms with Gasteiger partial charge in [0.25, 0.3) is 0 Å². The molecule has 1 rings (SSSR count). The molecule has 0 spiro atoms. The zero-order valence-electron chi connectivity index (χ0n) is 16.1. The molecule has 1 saturated heterocycles. The highest BCUT2D eigenvalue weighted by Crippen LogP contribution is 2.31. The van der Waals surface area contributed by atoms with Crippen molar-refractivity contribution < 1.29 is 0 Å². The minimum atomic E-state index is 0.0252. The third-order valence-electron chi connectivity index (χ3n) is 5.42. The first-order valence-electron chi connectivity index (χ1n) is 9.39. The van der Waals surface area contributed by atoms with E-state index in [1.54, 1.807) is 6.92 Å². The van der Waals surface area contributed by atoms with Crippen molar-refractivity contribution >= 4 is 0 Å². The molecule has 2 atom stereocenters. The molecule has 2 unspecified atom stereocenters. The van der Waals surface area contributed by atoms with E-state index in [1.165, 1.54) is 32.1 Å². The zero-order valence-corrected chi connectivity index (χ0v) is 16.1. The molecule has 0 amide bonds. The highest BCUT2D eigenvalue weighted by molar-refractivity contribution is 5.54. The number of unbranched alkanes of at least 4 members (excludes halogenated alkanes) is 1. The second-order valence-electron chi connectivity index (χ2n) is 7.05. The summed E-state index contributed by atoms with van der Waals surface area (Å²) in [5.74, 6) is 1.47. The van der Waals surface area contributed by atoms with Gasteiger partial charge < -0.3 is 4.90 Å². The molecule has 0 saturated carbocycles. The van der Waals surface area contributed by atoms with E-state index in [2.05, 4.69) is 24.8 Å². The van der Waals surface area contributed by atoms with Gasteiger partial charge in [0, 0.05) is 18.8 Å². The summed E-state index contributed by atoms with van der Waals surface area (Å²) in [5.41, 5.74) is 1.88. The van der Waals surface area contributed by atoms with Crippen LogP contribution in [0.2, 0.25) is 0 Å². The van der Waals surface area contributed by atoms with Gasteiger partial charge in [-0.3, -0.25) is 0 Å². The van der Waals surface area contributed by atoms with E-state index in [-0.39, 0.29) is 5.57 Å². The maximum absolute atomic E-state index is 9.53. The number of hydrogen-bond donors (Lipinski definition) is 0. The van der Waals surface area contributed by atoms with Crippen LogP contribution in [0.4, 0.5) is 0 Å². The molecule has 0 bridgehead atoms. The summed E-state index contributed by atoms with van der Waals surface area (Å²) >= 11 is 0. The summed E-state index contributed by atoms with van der Waals surface area (Å²) in [4.78, 5) is 2.26. The molecular weight excluding hydrogens is 308 g/mol. The maximum atomic E-state index is 9.53. The van der Waals surface area contributed by atoms with Crippen molar-refractivity contribution in [3.05, 3.63) is 22.4 Å². The van der Waals surface area contributed by atoms with E-state index < -0.39 is 0 Å². The Morgan fingerprint density at radius 2 is 1.80 bits per heavy atom. The Bertz CT molecular complexity index is 620. The third-order valence-corrected chi connectivity index (χ3v) is 5.42. The molecular formula is C21H30N4. The molecule has 1 fully saturated rings. The van der Waals surface area contributed by atoms with Crippen LogP contribution < -0.4 is 0 Å². The van der Waals surface area contributed by atoms with Gasteiger partial charge in [0.15, 0.2) is 0 Å². The molecule has 1 aliphatic rings. The SMILES string of the molecule is CCCCC(CC)CC1CCN(/C(C)=C(\C#N)C(C)=C(C#N)C#N)C1. The molecule has 0 aromatic rings. The summed E-state index contributed by atoms with van der Waals surface area (Å²) in [5, 5.41) is 27.6. The number of rotatable bonds is 8. The second-order valence-corrected chi connectivity index (χ2v) is 7.05. The van der Waals surface area contributed by atoms with E-state index >= 15 is 0 Å². The first-order chi connectivity index (χ1) is 12.0. The van der Waals surface area contributed by atoms with Gasteiger partial charge in [0.2, 0.25) is 0 Å². The van der Waals surface area contributed by atoms with E-state index in [0.717, 1.165) is 31.1 Å². The Hall–Kier alpha value is -2.25. The quantitative estimate of drug-likeness (QED) is 0.457. The second kappa shape index (κ2) is 10.6. The van der Waals surface area contributed by atoms with Gasteiger partial charge in [0.05, 0.1) is 5.57 Å². The molecule has 0 radical (unpaired) electrons. The van der Waals surface area contributed by atoms with Gasteiger partial charge in [-0.2, -0.15) is 15.8 Å². The van der Waals surface area contributed by atoms with Crippen molar-refractivity contribution in [1.29, 1.82) is 15.8 Å². The average Bonchev–Trinajstić information content (AvgIpc) is 3.08. The first kappa shape index (κ1) is 20.8. The number of allylic oxidation sites excluding steroid dienone is 4. The largest absolute Gasteiger partial charge is 0.374 e. The Labute approximate surface area is 153 Å². The normalized spacial score (nSPS) is 18.6. The van der Waals surface area contributed by atoms with Gasteiger partial charge in [-0.25, -0.2) is 0 Å². The highest BCUT2D eigenvalue weighted by Gasteiger charge is 2.26. The topological polar surface area (TPSA) is 74.6 Å². The fourth-order valence-corrected chi connectivity index (χ4v) is 3.69. The summed E-state index contributed by atoms with van der Waals surface area (Å²) in [7, 11) is 0. The molecule has 134 valence electrons. The Balaban J connectivity index is 2.86. The van der Waals surface area contributed by atoms with Crippen molar-refractivity contribution in [1.82, 2.24) is 4.90 Å². The van der Waals surface area contributed by atoms with Crippen LogP contribution in [-0.2, 0) is 0 Å². The number of likely N-dealkylation sites (tertiary alicyclic amines) is 1. The molecule has 25 heavy (non-hydrogen) atoms.